The van der Waals surface area contributed by atoms with Crippen LogP contribution in [0.15, 0.2) is 36.9 Å². The van der Waals surface area contributed by atoms with Crippen molar-refractivity contribution in [3.05, 3.63) is 48.0 Å². The number of fused-ring (bicyclic) bond motifs is 2. The monoisotopic (exact) mass is 213 g/mol. The lowest BCUT2D eigenvalue weighted by atomic mass is 9.83. The molecule has 82 valence electrons. The summed E-state index contributed by atoms with van der Waals surface area (Å²) in [6, 6.07) is 8.29. The van der Waals surface area contributed by atoms with Gasteiger partial charge in [-0.05, 0) is 24.5 Å². The first-order chi connectivity index (χ1) is 7.83. The van der Waals surface area contributed by atoms with E-state index >= 15 is 0 Å². The molecule has 0 spiro atoms. The maximum absolute atomic E-state index is 12.3. The Kier molecular flexibility index (Phi) is 2.10. The van der Waals surface area contributed by atoms with Gasteiger partial charge in [-0.2, -0.15) is 0 Å². The van der Waals surface area contributed by atoms with Gasteiger partial charge in [-0.15, -0.1) is 6.58 Å². The van der Waals surface area contributed by atoms with E-state index in [4.69, 9.17) is 0 Å². The van der Waals surface area contributed by atoms with E-state index in [0.29, 0.717) is 12.0 Å². The molecule has 1 amide bonds. The minimum atomic E-state index is 0.205. The molecule has 0 aliphatic carbocycles. The van der Waals surface area contributed by atoms with Crippen LogP contribution in [0.3, 0.4) is 0 Å². The Balaban J connectivity index is 2.16. The highest BCUT2D eigenvalue weighted by Crippen LogP contribution is 2.39. The van der Waals surface area contributed by atoms with Crippen LogP contribution < -0.4 is 0 Å². The lowest BCUT2D eigenvalue weighted by molar-refractivity contribution is 0.0701. The van der Waals surface area contributed by atoms with Crippen LogP contribution in [0, 0.1) is 0 Å². The average molecular weight is 213 g/mol. The molecule has 0 unspecified atom stereocenters. The minimum absolute atomic E-state index is 0.205. The van der Waals surface area contributed by atoms with Crippen molar-refractivity contribution >= 4 is 5.91 Å². The maximum Gasteiger partial charge on any atom is 0.254 e. The second-order valence-corrected chi connectivity index (χ2v) is 4.56. The van der Waals surface area contributed by atoms with Gasteiger partial charge in [-0.25, -0.2) is 0 Å². The molecule has 3 rings (SSSR count). The number of carbonyl (C=O) groups is 1. The van der Waals surface area contributed by atoms with Gasteiger partial charge < -0.3 is 4.90 Å². The Bertz CT molecular complexity index is 452. The number of amides is 1. The molecular formula is C14H15NO. The lowest BCUT2D eigenvalue weighted by Crippen LogP contribution is -2.43. The molecule has 0 bridgehead atoms. The molecule has 0 saturated carbocycles. The third kappa shape index (κ3) is 1.16. The summed E-state index contributed by atoms with van der Waals surface area (Å²) in [6.45, 7) is 4.84. The van der Waals surface area contributed by atoms with E-state index < -0.39 is 0 Å². The third-order valence-corrected chi connectivity index (χ3v) is 3.78. The topological polar surface area (TPSA) is 20.3 Å². The number of benzene rings is 1. The Labute approximate surface area is 95.6 Å². The van der Waals surface area contributed by atoms with Gasteiger partial charge in [0.15, 0.2) is 0 Å². The van der Waals surface area contributed by atoms with E-state index in [1.54, 1.807) is 0 Å². The predicted octanol–water partition coefficient (Wildman–Crippen LogP) is 2.57. The fourth-order valence-electron chi connectivity index (χ4n) is 3.05. The van der Waals surface area contributed by atoms with E-state index in [9.17, 15) is 4.79 Å². The molecule has 2 atom stereocenters. The molecule has 1 aromatic rings. The molecule has 1 aromatic carbocycles. The van der Waals surface area contributed by atoms with Crippen molar-refractivity contribution in [2.45, 2.75) is 24.8 Å². The summed E-state index contributed by atoms with van der Waals surface area (Å²) in [6.07, 6.45) is 4.22. The summed E-state index contributed by atoms with van der Waals surface area (Å²) in [5.41, 5.74) is 2.02. The lowest BCUT2D eigenvalue weighted by Gasteiger charge is -2.36. The first-order valence-electron chi connectivity index (χ1n) is 5.85. The molecule has 0 N–H and O–H groups in total. The quantitative estimate of drug-likeness (QED) is 0.656. The average Bonchev–Trinajstić information content (AvgIpc) is 2.79. The summed E-state index contributed by atoms with van der Waals surface area (Å²) in [7, 11) is 0. The van der Waals surface area contributed by atoms with Crippen molar-refractivity contribution in [1.82, 2.24) is 4.90 Å². The van der Waals surface area contributed by atoms with Gasteiger partial charge in [0, 0.05) is 24.1 Å². The third-order valence-electron chi connectivity index (χ3n) is 3.78. The van der Waals surface area contributed by atoms with E-state index in [1.165, 1.54) is 0 Å². The van der Waals surface area contributed by atoms with Crippen LogP contribution in [0.4, 0.5) is 0 Å². The van der Waals surface area contributed by atoms with Crippen LogP contribution in [-0.4, -0.2) is 23.4 Å². The number of nitrogens with zero attached hydrogens (tertiary/aromatic N) is 1. The van der Waals surface area contributed by atoms with Crippen molar-refractivity contribution in [3.8, 4) is 0 Å². The Morgan fingerprint density at radius 1 is 1.38 bits per heavy atom. The van der Waals surface area contributed by atoms with Crippen molar-refractivity contribution in [3.63, 3.8) is 0 Å². The summed E-state index contributed by atoms with van der Waals surface area (Å²) in [5.74, 6) is 0.521. The molecule has 16 heavy (non-hydrogen) atoms. The molecule has 2 heteroatoms. The predicted molar refractivity (Wildman–Crippen MR) is 63.4 cm³/mol. The van der Waals surface area contributed by atoms with Crippen molar-refractivity contribution < 1.29 is 4.79 Å². The van der Waals surface area contributed by atoms with Crippen LogP contribution >= 0.6 is 0 Å². The van der Waals surface area contributed by atoms with Crippen LogP contribution in [0.5, 0.6) is 0 Å². The zero-order chi connectivity index (χ0) is 11.1. The zero-order valence-electron chi connectivity index (χ0n) is 9.23. The fourth-order valence-corrected chi connectivity index (χ4v) is 3.05. The van der Waals surface area contributed by atoms with Gasteiger partial charge in [-0.3, -0.25) is 4.79 Å². The maximum atomic E-state index is 12.3. The van der Waals surface area contributed by atoms with Crippen LogP contribution in [-0.2, 0) is 0 Å². The number of hydrogen-bond acceptors (Lipinski definition) is 1. The number of carbonyl (C=O) groups excluding carboxylic acids is 1. The van der Waals surface area contributed by atoms with Crippen molar-refractivity contribution in [2.75, 3.05) is 6.54 Å². The van der Waals surface area contributed by atoms with Gasteiger partial charge in [-0.1, -0.05) is 24.3 Å². The highest BCUT2D eigenvalue weighted by Gasteiger charge is 2.40. The first-order valence-corrected chi connectivity index (χ1v) is 5.85. The van der Waals surface area contributed by atoms with Gasteiger partial charge in [0.25, 0.3) is 5.91 Å². The standard InChI is InChI=1S/C14H15NO/c1-2-10-11-6-3-4-7-12(11)14(16)15-9-5-8-13(10)15/h2-4,6-7,10,13H,1,5,8-9H2/t10-,13-/m0/s1. The molecule has 0 radical (unpaired) electrons. The normalized spacial score (nSPS) is 27.5. The Morgan fingerprint density at radius 2 is 2.19 bits per heavy atom. The van der Waals surface area contributed by atoms with E-state index in [1.807, 2.05) is 29.2 Å². The molecule has 1 saturated heterocycles. The van der Waals surface area contributed by atoms with Gasteiger partial charge in [0.1, 0.15) is 0 Å². The van der Waals surface area contributed by atoms with E-state index in [0.717, 1.165) is 30.5 Å². The molecule has 2 aliphatic heterocycles. The van der Waals surface area contributed by atoms with Crippen LogP contribution in [0.1, 0.15) is 34.7 Å². The molecule has 2 aliphatic rings. The van der Waals surface area contributed by atoms with E-state index in [-0.39, 0.29) is 5.91 Å². The Morgan fingerprint density at radius 3 is 3.00 bits per heavy atom. The Hall–Kier alpha value is -1.57. The first kappa shape index (κ1) is 9.64. The largest absolute Gasteiger partial charge is 0.335 e. The number of hydrogen-bond donors (Lipinski definition) is 0. The van der Waals surface area contributed by atoms with Gasteiger partial charge in [0.2, 0.25) is 0 Å². The molecule has 2 heterocycles. The summed E-state index contributed by atoms with van der Waals surface area (Å²) in [5, 5.41) is 0. The highest BCUT2D eigenvalue weighted by molar-refractivity contribution is 5.97. The second-order valence-electron chi connectivity index (χ2n) is 4.56. The fraction of sp³-hybridized carbons (Fsp3) is 0.357. The molecule has 0 aromatic heterocycles. The highest BCUT2D eigenvalue weighted by atomic mass is 16.2. The zero-order valence-corrected chi connectivity index (χ0v) is 9.23. The summed E-state index contributed by atoms with van der Waals surface area (Å²) < 4.78 is 0. The number of rotatable bonds is 1. The molecule has 2 nitrogen and oxygen atoms in total. The smallest absolute Gasteiger partial charge is 0.254 e. The summed E-state index contributed by atoms with van der Waals surface area (Å²) >= 11 is 0. The van der Waals surface area contributed by atoms with E-state index in [2.05, 4.69) is 12.6 Å². The SMILES string of the molecule is C=C[C@H]1c2ccccc2C(=O)N2CCC[C@@H]12. The molecular weight excluding hydrogens is 198 g/mol. The van der Waals surface area contributed by atoms with Crippen LogP contribution in [0.25, 0.3) is 0 Å². The summed E-state index contributed by atoms with van der Waals surface area (Å²) in [4.78, 5) is 14.3. The van der Waals surface area contributed by atoms with Crippen molar-refractivity contribution in [1.29, 1.82) is 0 Å². The van der Waals surface area contributed by atoms with Crippen molar-refractivity contribution in [2.24, 2.45) is 0 Å². The van der Waals surface area contributed by atoms with Gasteiger partial charge in [0.05, 0.1) is 0 Å². The van der Waals surface area contributed by atoms with Crippen LogP contribution in [0.2, 0.25) is 0 Å². The van der Waals surface area contributed by atoms with Gasteiger partial charge >= 0.3 is 0 Å². The second kappa shape index (κ2) is 3.48. The minimum Gasteiger partial charge on any atom is -0.335 e. The molecule has 1 fully saturated rings.